The Labute approximate surface area is 193 Å². The molecule has 1 unspecified atom stereocenters. The van der Waals surface area contributed by atoms with Crippen LogP contribution in [0, 0.1) is 0 Å². The molecule has 0 aliphatic heterocycles. The van der Waals surface area contributed by atoms with Crippen molar-refractivity contribution >= 4 is 16.0 Å². The molecule has 0 spiro atoms. The zero-order valence-corrected chi connectivity index (χ0v) is 19.5. The van der Waals surface area contributed by atoms with Gasteiger partial charge in [0.1, 0.15) is 12.3 Å². The Morgan fingerprint density at radius 1 is 1.12 bits per heavy atom. The van der Waals surface area contributed by atoms with Crippen molar-refractivity contribution in [2.24, 2.45) is 0 Å². The van der Waals surface area contributed by atoms with Crippen molar-refractivity contribution in [2.45, 2.75) is 43.7 Å². The van der Waals surface area contributed by atoms with Gasteiger partial charge in [0, 0.05) is 11.3 Å². The molecule has 1 aromatic heterocycles. The Balaban J connectivity index is 1.50. The molecule has 1 heterocycles. The molecule has 0 bridgehead atoms. The monoisotopic (exact) mass is 469 g/mol. The van der Waals surface area contributed by atoms with Gasteiger partial charge in [-0.15, -0.1) is 0 Å². The van der Waals surface area contributed by atoms with Gasteiger partial charge in [0.15, 0.2) is 0 Å². The number of aromatic nitrogens is 2. The van der Waals surface area contributed by atoms with Crippen molar-refractivity contribution < 1.29 is 22.7 Å². The van der Waals surface area contributed by atoms with Gasteiger partial charge in [-0.25, -0.2) is 13.1 Å². The lowest BCUT2D eigenvalue weighted by molar-refractivity contribution is -0.144. The molecule has 9 heteroatoms. The Hall–Kier alpha value is -3.17. The highest BCUT2D eigenvalue weighted by Gasteiger charge is 2.29. The van der Waals surface area contributed by atoms with E-state index in [4.69, 9.17) is 9.47 Å². The van der Waals surface area contributed by atoms with Crippen LogP contribution in [0.2, 0.25) is 0 Å². The van der Waals surface area contributed by atoms with Crippen LogP contribution in [0.4, 0.5) is 0 Å². The van der Waals surface area contributed by atoms with E-state index in [1.165, 1.54) is 0 Å². The maximum Gasteiger partial charge on any atom is 0.327 e. The lowest BCUT2D eigenvalue weighted by Crippen LogP contribution is -2.31. The number of methoxy groups -OCH3 is 1. The van der Waals surface area contributed by atoms with E-state index in [0.29, 0.717) is 13.0 Å². The first-order chi connectivity index (χ1) is 15.9. The number of nitrogens with one attached hydrogen (secondary N) is 1. The summed E-state index contributed by atoms with van der Waals surface area (Å²) in [4.78, 5) is 12.1. The van der Waals surface area contributed by atoms with Gasteiger partial charge in [-0.05, 0) is 61.6 Å². The van der Waals surface area contributed by atoms with E-state index in [1.54, 1.807) is 49.2 Å². The van der Waals surface area contributed by atoms with Crippen LogP contribution in [0.25, 0.3) is 11.1 Å². The number of rotatable bonds is 8. The van der Waals surface area contributed by atoms with E-state index in [9.17, 15) is 13.2 Å². The van der Waals surface area contributed by atoms with Crippen molar-refractivity contribution in [3.8, 4) is 16.9 Å². The molecule has 4 rings (SSSR count). The topological polar surface area (TPSA) is 99.5 Å². The second-order valence-electron chi connectivity index (χ2n) is 7.83. The van der Waals surface area contributed by atoms with E-state index in [0.717, 1.165) is 41.0 Å². The van der Waals surface area contributed by atoms with Crippen molar-refractivity contribution in [1.29, 1.82) is 0 Å². The SMILES string of the molecule is CCOC(=O)Cn1ncc2c1CCCC2NS(=O)(=O)c1ccc(-c2ccc(OC)cc2)cc1. The van der Waals surface area contributed by atoms with Crippen LogP contribution in [0.3, 0.4) is 0 Å². The Morgan fingerprint density at radius 3 is 2.42 bits per heavy atom. The molecule has 33 heavy (non-hydrogen) atoms. The minimum atomic E-state index is -3.73. The first-order valence-electron chi connectivity index (χ1n) is 10.9. The highest BCUT2D eigenvalue weighted by atomic mass is 32.2. The number of sulfonamides is 1. The highest BCUT2D eigenvalue weighted by molar-refractivity contribution is 7.89. The quantitative estimate of drug-likeness (QED) is 0.507. The fourth-order valence-corrected chi connectivity index (χ4v) is 5.32. The number of carbonyl (C=O) groups excluding carboxylic acids is 1. The fourth-order valence-electron chi connectivity index (χ4n) is 4.07. The average Bonchev–Trinajstić information content (AvgIpc) is 3.23. The van der Waals surface area contributed by atoms with Crippen molar-refractivity contribution in [3.63, 3.8) is 0 Å². The minimum absolute atomic E-state index is 0.0233. The summed E-state index contributed by atoms with van der Waals surface area (Å²) in [6.07, 6.45) is 3.85. The van der Waals surface area contributed by atoms with E-state index < -0.39 is 16.1 Å². The Morgan fingerprint density at radius 2 is 1.79 bits per heavy atom. The lowest BCUT2D eigenvalue weighted by Gasteiger charge is -2.24. The van der Waals surface area contributed by atoms with Crippen LogP contribution >= 0.6 is 0 Å². The number of hydrogen-bond acceptors (Lipinski definition) is 6. The summed E-state index contributed by atoms with van der Waals surface area (Å²) in [7, 11) is -2.12. The van der Waals surface area contributed by atoms with Gasteiger partial charge < -0.3 is 9.47 Å². The summed E-state index contributed by atoms with van der Waals surface area (Å²) in [6, 6.07) is 14.0. The third kappa shape index (κ3) is 5.09. The Kier molecular flexibility index (Phi) is 6.80. The second kappa shape index (κ2) is 9.76. The number of nitrogens with zero attached hydrogens (tertiary/aromatic N) is 2. The van der Waals surface area contributed by atoms with Crippen LogP contribution in [-0.2, 0) is 32.5 Å². The van der Waals surface area contributed by atoms with Gasteiger partial charge in [-0.3, -0.25) is 9.48 Å². The summed E-state index contributed by atoms with van der Waals surface area (Å²) in [5, 5.41) is 4.30. The molecule has 0 saturated carbocycles. The normalized spacial score (nSPS) is 15.6. The van der Waals surface area contributed by atoms with Gasteiger partial charge in [-0.2, -0.15) is 5.10 Å². The van der Waals surface area contributed by atoms with Gasteiger partial charge in [0.2, 0.25) is 10.0 Å². The maximum atomic E-state index is 13.1. The first kappa shape index (κ1) is 23.0. The lowest BCUT2D eigenvalue weighted by atomic mass is 9.94. The molecule has 0 saturated heterocycles. The average molecular weight is 470 g/mol. The standard InChI is InChI=1S/C24H27N3O5S/c1-3-32-24(28)16-27-23-6-4-5-22(21(23)15-25-27)26-33(29,30)20-13-9-18(10-14-20)17-7-11-19(31-2)12-8-17/h7-15,22,26H,3-6,16H2,1-2H3. The highest BCUT2D eigenvalue weighted by Crippen LogP contribution is 2.31. The summed E-state index contributed by atoms with van der Waals surface area (Å²) in [5.41, 5.74) is 3.57. The predicted octanol–water partition coefficient (Wildman–Crippen LogP) is 3.48. The second-order valence-corrected chi connectivity index (χ2v) is 9.54. The van der Waals surface area contributed by atoms with Crippen LogP contribution in [0.15, 0.2) is 59.6 Å². The zero-order valence-electron chi connectivity index (χ0n) is 18.7. The van der Waals surface area contributed by atoms with E-state index >= 15 is 0 Å². The number of carbonyl (C=O) groups is 1. The summed E-state index contributed by atoms with van der Waals surface area (Å²) >= 11 is 0. The molecule has 0 fully saturated rings. The number of benzene rings is 2. The van der Waals surface area contributed by atoms with Gasteiger partial charge in [0.25, 0.3) is 0 Å². The zero-order chi connectivity index (χ0) is 23.4. The number of fused-ring (bicyclic) bond motifs is 1. The van der Waals surface area contributed by atoms with Crippen LogP contribution in [0.5, 0.6) is 5.75 Å². The molecule has 1 aliphatic rings. The van der Waals surface area contributed by atoms with Gasteiger partial charge >= 0.3 is 5.97 Å². The fraction of sp³-hybridized carbons (Fsp3) is 0.333. The minimum Gasteiger partial charge on any atom is -0.497 e. The van der Waals surface area contributed by atoms with E-state index in [-0.39, 0.29) is 17.4 Å². The smallest absolute Gasteiger partial charge is 0.327 e. The molecule has 8 nitrogen and oxygen atoms in total. The summed E-state index contributed by atoms with van der Waals surface area (Å²) < 4.78 is 40.8. The molecule has 1 atom stereocenters. The van der Waals surface area contributed by atoms with Crippen LogP contribution < -0.4 is 9.46 Å². The number of esters is 1. The van der Waals surface area contributed by atoms with E-state index in [1.807, 2.05) is 24.3 Å². The molecule has 1 aliphatic carbocycles. The van der Waals surface area contributed by atoms with Gasteiger partial charge in [0.05, 0.1) is 30.9 Å². The molecule has 2 aromatic carbocycles. The van der Waals surface area contributed by atoms with Crippen molar-refractivity contribution in [2.75, 3.05) is 13.7 Å². The Bertz CT molecular complexity index is 1220. The molecular formula is C24H27N3O5S. The number of ether oxygens (including phenoxy) is 2. The number of hydrogen-bond donors (Lipinski definition) is 1. The van der Waals surface area contributed by atoms with Gasteiger partial charge in [-0.1, -0.05) is 24.3 Å². The molecule has 1 N–H and O–H groups in total. The van der Waals surface area contributed by atoms with Crippen LogP contribution in [0.1, 0.15) is 37.1 Å². The predicted molar refractivity (Wildman–Crippen MR) is 123 cm³/mol. The van der Waals surface area contributed by atoms with Crippen molar-refractivity contribution in [1.82, 2.24) is 14.5 Å². The molecular weight excluding hydrogens is 442 g/mol. The van der Waals surface area contributed by atoms with E-state index in [2.05, 4.69) is 9.82 Å². The molecule has 0 radical (unpaired) electrons. The first-order valence-corrected chi connectivity index (χ1v) is 12.4. The molecule has 174 valence electrons. The maximum absolute atomic E-state index is 13.1. The largest absolute Gasteiger partial charge is 0.497 e. The molecule has 0 amide bonds. The third-order valence-corrected chi connectivity index (χ3v) is 7.22. The summed E-state index contributed by atoms with van der Waals surface area (Å²) in [5.74, 6) is 0.405. The molecule has 3 aromatic rings. The van der Waals surface area contributed by atoms with Crippen LogP contribution in [-0.4, -0.2) is 37.9 Å². The third-order valence-electron chi connectivity index (χ3n) is 5.73. The van der Waals surface area contributed by atoms with Crippen molar-refractivity contribution in [3.05, 3.63) is 66.0 Å². The summed E-state index contributed by atoms with van der Waals surface area (Å²) in [6.45, 7) is 2.09.